The number of carbonyl (C=O) groups excluding carboxylic acids is 1. The van der Waals surface area contributed by atoms with Gasteiger partial charge in [0.15, 0.2) is 0 Å². The number of imidazole rings is 1. The molecule has 4 heteroatoms. The van der Waals surface area contributed by atoms with Crippen LogP contribution in [0.1, 0.15) is 25.6 Å². The lowest BCUT2D eigenvalue weighted by Gasteiger charge is -2.01. The topological polar surface area (TPSA) is 66.0 Å². The number of H-pyrrole nitrogens is 1. The lowest BCUT2D eigenvalue weighted by Crippen LogP contribution is -2.05. The number of benzene rings is 1. The highest BCUT2D eigenvalue weighted by molar-refractivity contribution is 5.84. The summed E-state index contributed by atoms with van der Waals surface area (Å²) in [4.78, 5) is 18.5. The fraction of sp³-hybridized carbons (Fsp3) is 0.273. The van der Waals surface area contributed by atoms with Gasteiger partial charge >= 0.3 is 0 Å². The van der Waals surface area contributed by atoms with Gasteiger partial charge in [-0.1, -0.05) is 0 Å². The van der Waals surface area contributed by atoms with Gasteiger partial charge in [-0.15, -0.1) is 0 Å². The van der Waals surface area contributed by atoms with E-state index in [2.05, 4.69) is 9.97 Å². The van der Waals surface area contributed by atoms with Crippen LogP contribution < -0.4 is 0 Å². The van der Waals surface area contributed by atoms with E-state index in [0.717, 1.165) is 11.0 Å². The molecule has 0 saturated heterocycles. The van der Waals surface area contributed by atoms with E-state index < -0.39 is 0 Å². The van der Waals surface area contributed by atoms with Crippen LogP contribution in [0.2, 0.25) is 0 Å². The Bertz CT molecular complexity index is 516. The van der Waals surface area contributed by atoms with E-state index >= 15 is 0 Å². The maximum atomic E-state index is 11.2. The first-order valence-electron chi connectivity index (χ1n) is 4.77. The van der Waals surface area contributed by atoms with Crippen molar-refractivity contribution in [3.8, 4) is 5.75 Å². The molecule has 15 heavy (non-hydrogen) atoms. The summed E-state index contributed by atoms with van der Waals surface area (Å²) in [6.45, 7) is 3.34. The summed E-state index contributed by atoms with van der Waals surface area (Å²) in [6.07, 6.45) is 0. The molecule has 1 aromatic carbocycles. The van der Waals surface area contributed by atoms with Crippen molar-refractivity contribution < 1.29 is 9.90 Å². The average Bonchev–Trinajstić information content (AvgIpc) is 2.58. The Morgan fingerprint density at radius 3 is 2.93 bits per heavy atom. The van der Waals surface area contributed by atoms with Gasteiger partial charge < -0.3 is 10.1 Å². The highest BCUT2D eigenvalue weighted by Gasteiger charge is 2.14. The Morgan fingerprint density at radius 1 is 1.53 bits per heavy atom. The molecule has 2 aromatic rings. The molecule has 2 N–H and O–H groups in total. The number of carbonyl (C=O) groups is 1. The van der Waals surface area contributed by atoms with Crippen molar-refractivity contribution in [2.45, 2.75) is 19.8 Å². The van der Waals surface area contributed by atoms with E-state index in [9.17, 15) is 9.90 Å². The lowest BCUT2D eigenvalue weighted by atomic mass is 10.1. The molecule has 1 atom stereocenters. The lowest BCUT2D eigenvalue weighted by molar-refractivity contribution is -0.118. The van der Waals surface area contributed by atoms with Crippen molar-refractivity contribution in [1.82, 2.24) is 9.97 Å². The number of aromatic hydroxyl groups is 1. The summed E-state index contributed by atoms with van der Waals surface area (Å²) in [7, 11) is 0. The smallest absolute Gasteiger partial charge is 0.140 e. The molecule has 0 amide bonds. The fourth-order valence-electron chi connectivity index (χ4n) is 1.41. The predicted molar refractivity (Wildman–Crippen MR) is 56.9 cm³/mol. The Morgan fingerprint density at radius 2 is 2.27 bits per heavy atom. The number of hydrogen-bond acceptors (Lipinski definition) is 3. The number of Topliss-reactive ketones (excluding diaryl/α,β-unsaturated/α-hetero) is 1. The highest BCUT2D eigenvalue weighted by Crippen LogP contribution is 2.21. The molecular weight excluding hydrogens is 192 g/mol. The number of ketones is 1. The number of phenols is 1. The van der Waals surface area contributed by atoms with Crippen molar-refractivity contribution in [1.29, 1.82) is 0 Å². The quantitative estimate of drug-likeness (QED) is 0.785. The van der Waals surface area contributed by atoms with Crippen molar-refractivity contribution in [3.63, 3.8) is 0 Å². The summed E-state index contributed by atoms with van der Waals surface area (Å²) in [5, 5.41) is 9.27. The van der Waals surface area contributed by atoms with Crippen molar-refractivity contribution in [2.75, 3.05) is 0 Å². The molecule has 1 aromatic heterocycles. The minimum atomic E-state index is -0.237. The zero-order valence-corrected chi connectivity index (χ0v) is 8.61. The molecule has 0 aliphatic rings. The van der Waals surface area contributed by atoms with Crippen molar-refractivity contribution in [2.24, 2.45) is 0 Å². The third-order valence-corrected chi connectivity index (χ3v) is 2.50. The molecule has 0 aliphatic heterocycles. The van der Waals surface area contributed by atoms with Crippen LogP contribution >= 0.6 is 0 Å². The minimum absolute atomic E-state index is 0.0679. The van der Waals surface area contributed by atoms with Crippen molar-refractivity contribution >= 4 is 16.8 Å². The zero-order valence-electron chi connectivity index (χ0n) is 8.61. The largest absolute Gasteiger partial charge is 0.508 e. The summed E-state index contributed by atoms with van der Waals surface area (Å²) in [5.41, 5.74) is 1.51. The van der Waals surface area contributed by atoms with Crippen LogP contribution in [-0.4, -0.2) is 20.9 Å². The van der Waals surface area contributed by atoms with Gasteiger partial charge in [0.2, 0.25) is 0 Å². The van der Waals surface area contributed by atoms with Crippen LogP contribution in [0.3, 0.4) is 0 Å². The second kappa shape index (κ2) is 3.38. The number of aromatic nitrogens is 2. The fourth-order valence-corrected chi connectivity index (χ4v) is 1.41. The second-order valence-electron chi connectivity index (χ2n) is 3.66. The first-order chi connectivity index (χ1) is 7.08. The highest BCUT2D eigenvalue weighted by atomic mass is 16.3. The summed E-state index contributed by atoms with van der Waals surface area (Å²) >= 11 is 0. The van der Waals surface area contributed by atoms with Gasteiger partial charge in [0, 0.05) is 6.07 Å². The third kappa shape index (κ3) is 1.70. The molecule has 0 radical (unpaired) electrons. The average molecular weight is 204 g/mol. The Balaban J connectivity index is 2.51. The van der Waals surface area contributed by atoms with E-state index in [0.29, 0.717) is 5.82 Å². The van der Waals surface area contributed by atoms with Crippen LogP contribution in [0.5, 0.6) is 5.75 Å². The molecular formula is C11H12N2O2. The molecule has 2 rings (SSSR count). The summed E-state index contributed by atoms with van der Waals surface area (Å²) < 4.78 is 0. The molecule has 1 unspecified atom stereocenters. The van der Waals surface area contributed by atoms with Crippen molar-refractivity contribution in [3.05, 3.63) is 24.0 Å². The Labute approximate surface area is 87.0 Å². The van der Waals surface area contributed by atoms with Gasteiger partial charge in [-0.25, -0.2) is 4.98 Å². The van der Waals surface area contributed by atoms with Gasteiger partial charge in [-0.05, 0) is 26.0 Å². The summed E-state index contributed by atoms with van der Waals surface area (Å²) in [5.74, 6) is 0.661. The number of hydrogen-bond donors (Lipinski definition) is 2. The van der Waals surface area contributed by atoms with Gasteiger partial charge in [-0.3, -0.25) is 4.79 Å². The first kappa shape index (κ1) is 9.71. The monoisotopic (exact) mass is 204 g/mol. The number of nitrogens with zero attached hydrogens (tertiary/aromatic N) is 1. The van der Waals surface area contributed by atoms with Crippen LogP contribution in [0.15, 0.2) is 18.2 Å². The van der Waals surface area contributed by atoms with E-state index in [1.807, 2.05) is 0 Å². The minimum Gasteiger partial charge on any atom is -0.508 e. The molecule has 0 bridgehead atoms. The van der Waals surface area contributed by atoms with Gasteiger partial charge in [0.05, 0.1) is 17.0 Å². The molecule has 0 saturated carbocycles. The second-order valence-corrected chi connectivity index (χ2v) is 3.66. The van der Waals surface area contributed by atoms with Crippen LogP contribution in [0.25, 0.3) is 11.0 Å². The predicted octanol–water partition coefficient (Wildman–Crippen LogP) is 1.96. The van der Waals surface area contributed by atoms with Crippen LogP contribution in [0.4, 0.5) is 0 Å². The molecule has 0 fully saturated rings. The standard InChI is InChI=1S/C11H12N2O2/c1-6(7(2)14)11-12-9-4-3-8(15)5-10(9)13-11/h3-6,15H,1-2H3,(H,12,13). The Kier molecular flexibility index (Phi) is 2.19. The molecule has 0 spiro atoms. The maximum Gasteiger partial charge on any atom is 0.140 e. The normalized spacial score (nSPS) is 12.9. The molecule has 78 valence electrons. The van der Waals surface area contributed by atoms with E-state index in [-0.39, 0.29) is 17.5 Å². The van der Waals surface area contributed by atoms with E-state index in [1.165, 1.54) is 6.92 Å². The van der Waals surface area contributed by atoms with Crippen LogP contribution in [-0.2, 0) is 4.79 Å². The number of aromatic amines is 1. The van der Waals surface area contributed by atoms with E-state index in [4.69, 9.17) is 0 Å². The van der Waals surface area contributed by atoms with Gasteiger partial charge in [0.1, 0.15) is 17.4 Å². The number of fused-ring (bicyclic) bond motifs is 1. The first-order valence-corrected chi connectivity index (χ1v) is 4.77. The van der Waals surface area contributed by atoms with Gasteiger partial charge in [0.25, 0.3) is 0 Å². The zero-order chi connectivity index (χ0) is 11.0. The SMILES string of the molecule is CC(=O)C(C)c1nc2ccc(O)cc2[nH]1. The third-order valence-electron chi connectivity index (χ3n) is 2.50. The van der Waals surface area contributed by atoms with Gasteiger partial charge in [-0.2, -0.15) is 0 Å². The number of nitrogens with one attached hydrogen (secondary N) is 1. The molecule has 0 aliphatic carbocycles. The molecule has 4 nitrogen and oxygen atoms in total. The van der Waals surface area contributed by atoms with E-state index in [1.54, 1.807) is 25.1 Å². The molecule has 1 heterocycles. The Hall–Kier alpha value is -1.84. The maximum absolute atomic E-state index is 11.2. The number of rotatable bonds is 2. The van der Waals surface area contributed by atoms with Crippen LogP contribution in [0, 0.1) is 0 Å². The number of phenolic OH excluding ortho intramolecular Hbond substituents is 1. The summed E-state index contributed by atoms with van der Waals surface area (Å²) in [6, 6.07) is 4.89.